The molecule has 0 aliphatic rings. The zero-order valence-corrected chi connectivity index (χ0v) is 18.7. The van der Waals surface area contributed by atoms with Gasteiger partial charge in [-0.1, -0.05) is 25.3 Å². The second kappa shape index (κ2) is 19.2. The molecule has 0 spiro atoms. The standard InChI is InChI=1S/C8H6O4.2C7H10O4/c9-7(10)5-3-1-2-4-6(5)8(11)12;2*1-3-6(8)11-5-4-7(9)10-2/h1-4H,(H,9,10)(H,11,12);2*3H,1,4-5H2,2H3. The first-order chi connectivity index (χ1) is 16.0. The molecule has 186 valence electrons. The predicted molar refractivity (Wildman–Crippen MR) is 116 cm³/mol. The van der Waals surface area contributed by atoms with E-state index in [0.717, 1.165) is 12.2 Å². The summed E-state index contributed by atoms with van der Waals surface area (Å²) in [6.45, 7) is 6.45. The minimum absolute atomic E-state index is 0.0392. The van der Waals surface area contributed by atoms with Crippen LogP contribution in [0.1, 0.15) is 33.6 Å². The van der Waals surface area contributed by atoms with Crippen LogP contribution in [0.2, 0.25) is 0 Å². The maximum absolute atomic E-state index is 10.5. The normalized spacial score (nSPS) is 8.76. The van der Waals surface area contributed by atoms with E-state index in [4.69, 9.17) is 10.2 Å². The van der Waals surface area contributed by atoms with Gasteiger partial charge in [0.2, 0.25) is 0 Å². The molecule has 12 heteroatoms. The lowest BCUT2D eigenvalue weighted by atomic mass is 10.1. The van der Waals surface area contributed by atoms with Gasteiger partial charge in [0.05, 0.1) is 38.2 Å². The highest BCUT2D eigenvalue weighted by atomic mass is 16.5. The summed E-state index contributed by atoms with van der Waals surface area (Å²) in [5.74, 6) is -4.33. The molecule has 1 aromatic carbocycles. The Bertz CT molecular complexity index is 801. The molecule has 1 aromatic rings. The van der Waals surface area contributed by atoms with E-state index in [2.05, 4.69) is 32.1 Å². The molecule has 0 saturated heterocycles. The quantitative estimate of drug-likeness (QED) is 0.280. The fraction of sp³-hybridized carbons (Fsp3) is 0.273. The van der Waals surface area contributed by atoms with Crippen LogP contribution in [0.15, 0.2) is 49.6 Å². The topological polar surface area (TPSA) is 180 Å². The fourth-order valence-electron chi connectivity index (χ4n) is 1.65. The minimum atomic E-state index is -1.23. The van der Waals surface area contributed by atoms with Crippen LogP contribution in [-0.2, 0) is 38.1 Å². The molecule has 0 aliphatic heterocycles. The van der Waals surface area contributed by atoms with Crippen molar-refractivity contribution < 1.29 is 57.9 Å². The van der Waals surface area contributed by atoms with Crippen LogP contribution < -0.4 is 0 Å². The van der Waals surface area contributed by atoms with Gasteiger partial charge in [0.15, 0.2) is 0 Å². The van der Waals surface area contributed by atoms with Crippen molar-refractivity contribution in [2.75, 3.05) is 27.4 Å². The summed E-state index contributed by atoms with van der Waals surface area (Å²) >= 11 is 0. The summed E-state index contributed by atoms with van der Waals surface area (Å²) < 4.78 is 17.6. The number of methoxy groups -OCH3 is 2. The number of hydrogen-bond donors (Lipinski definition) is 2. The first-order valence-electron chi connectivity index (χ1n) is 9.31. The molecule has 0 aromatic heterocycles. The number of esters is 4. The van der Waals surface area contributed by atoms with E-state index >= 15 is 0 Å². The Labute approximate surface area is 195 Å². The third-order valence-electron chi connectivity index (χ3n) is 3.28. The molecular formula is C22H26O12. The largest absolute Gasteiger partial charge is 0.478 e. The molecule has 0 heterocycles. The van der Waals surface area contributed by atoms with Crippen molar-refractivity contribution in [1.29, 1.82) is 0 Å². The maximum atomic E-state index is 10.5. The predicted octanol–water partition coefficient (Wildman–Crippen LogP) is 1.64. The van der Waals surface area contributed by atoms with Gasteiger partial charge >= 0.3 is 35.8 Å². The molecule has 0 fully saturated rings. The molecule has 34 heavy (non-hydrogen) atoms. The van der Waals surface area contributed by atoms with Crippen molar-refractivity contribution in [2.45, 2.75) is 12.8 Å². The number of carbonyl (C=O) groups excluding carboxylic acids is 4. The molecule has 0 saturated carbocycles. The lowest BCUT2D eigenvalue weighted by Gasteiger charge is -1.99. The molecule has 2 N–H and O–H groups in total. The van der Waals surface area contributed by atoms with Crippen molar-refractivity contribution >= 4 is 35.8 Å². The van der Waals surface area contributed by atoms with Crippen LogP contribution in [0.3, 0.4) is 0 Å². The zero-order valence-electron chi connectivity index (χ0n) is 18.7. The van der Waals surface area contributed by atoms with Gasteiger partial charge in [-0.25, -0.2) is 19.2 Å². The molecule has 0 radical (unpaired) electrons. The van der Waals surface area contributed by atoms with Gasteiger partial charge in [0.25, 0.3) is 0 Å². The van der Waals surface area contributed by atoms with E-state index in [0.29, 0.717) is 0 Å². The van der Waals surface area contributed by atoms with Gasteiger partial charge in [0, 0.05) is 12.2 Å². The summed E-state index contributed by atoms with van der Waals surface area (Å²) in [6, 6.07) is 5.48. The Morgan fingerprint density at radius 1 is 0.735 bits per heavy atom. The molecular weight excluding hydrogens is 456 g/mol. The van der Waals surface area contributed by atoms with Crippen LogP contribution in [0.25, 0.3) is 0 Å². The second-order valence-electron chi connectivity index (χ2n) is 5.55. The Morgan fingerprint density at radius 2 is 1.06 bits per heavy atom. The van der Waals surface area contributed by atoms with Gasteiger partial charge in [-0.15, -0.1) is 0 Å². The Hall–Kier alpha value is -4.48. The van der Waals surface area contributed by atoms with Crippen LogP contribution in [-0.4, -0.2) is 73.5 Å². The molecule has 0 aliphatic carbocycles. The third-order valence-corrected chi connectivity index (χ3v) is 3.28. The highest BCUT2D eigenvalue weighted by molar-refractivity contribution is 6.01. The number of aromatic carboxylic acids is 2. The monoisotopic (exact) mass is 482 g/mol. The lowest BCUT2D eigenvalue weighted by molar-refractivity contribution is -0.146. The van der Waals surface area contributed by atoms with E-state index in [1.54, 1.807) is 0 Å². The smallest absolute Gasteiger partial charge is 0.336 e. The van der Waals surface area contributed by atoms with Crippen molar-refractivity contribution in [1.82, 2.24) is 0 Å². The lowest BCUT2D eigenvalue weighted by Crippen LogP contribution is -2.08. The van der Waals surface area contributed by atoms with Gasteiger partial charge < -0.3 is 29.2 Å². The van der Waals surface area contributed by atoms with E-state index in [-0.39, 0.29) is 37.2 Å². The molecule has 0 atom stereocenters. The molecule has 12 nitrogen and oxygen atoms in total. The summed E-state index contributed by atoms with van der Waals surface area (Å²) in [5.41, 5.74) is -0.380. The number of carbonyl (C=O) groups is 6. The first-order valence-corrected chi connectivity index (χ1v) is 9.31. The highest BCUT2D eigenvalue weighted by Crippen LogP contribution is 2.07. The maximum Gasteiger partial charge on any atom is 0.336 e. The number of carboxylic acid groups (broad SMARTS) is 2. The van der Waals surface area contributed by atoms with E-state index < -0.39 is 35.8 Å². The number of benzene rings is 1. The van der Waals surface area contributed by atoms with Crippen molar-refractivity contribution in [3.8, 4) is 0 Å². The first kappa shape index (κ1) is 31.7. The zero-order chi connectivity index (χ0) is 26.5. The summed E-state index contributed by atoms with van der Waals surface area (Å²) in [7, 11) is 2.55. The minimum Gasteiger partial charge on any atom is -0.478 e. The van der Waals surface area contributed by atoms with Gasteiger partial charge in [-0.2, -0.15) is 0 Å². The fourth-order valence-corrected chi connectivity index (χ4v) is 1.65. The van der Waals surface area contributed by atoms with Gasteiger partial charge in [-0.3, -0.25) is 9.59 Å². The molecule has 0 bridgehead atoms. The van der Waals surface area contributed by atoms with Gasteiger partial charge in [-0.05, 0) is 12.1 Å². The molecule has 1 rings (SSSR count). The number of carboxylic acids is 2. The van der Waals surface area contributed by atoms with Crippen molar-refractivity contribution in [3.05, 3.63) is 60.7 Å². The summed E-state index contributed by atoms with van der Waals surface area (Å²) in [4.78, 5) is 62.6. The Balaban J connectivity index is 0. The SMILES string of the molecule is C=CC(=O)OCCC(=O)OC.C=CC(=O)OCCC(=O)OC.O=C(O)c1ccccc1C(=O)O. The average Bonchev–Trinajstić information content (AvgIpc) is 2.84. The molecule has 0 unspecified atom stereocenters. The summed E-state index contributed by atoms with van der Waals surface area (Å²) in [6.07, 6.45) is 2.24. The Morgan fingerprint density at radius 3 is 1.29 bits per heavy atom. The van der Waals surface area contributed by atoms with Crippen LogP contribution in [0.4, 0.5) is 0 Å². The highest BCUT2D eigenvalue weighted by Gasteiger charge is 2.13. The van der Waals surface area contributed by atoms with Crippen LogP contribution in [0, 0.1) is 0 Å². The van der Waals surface area contributed by atoms with E-state index in [1.165, 1.54) is 38.5 Å². The average molecular weight is 482 g/mol. The van der Waals surface area contributed by atoms with E-state index in [9.17, 15) is 28.8 Å². The Kier molecular flexibility index (Phi) is 17.9. The van der Waals surface area contributed by atoms with Crippen LogP contribution >= 0.6 is 0 Å². The van der Waals surface area contributed by atoms with E-state index in [1.807, 2.05) is 0 Å². The van der Waals surface area contributed by atoms with Crippen molar-refractivity contribution in [3.63, 3.8) is 0 Å². The molecule has 0 amide bonds. The van der Waals surface area contributed by atoms with Gasteiger partial charge in [0.1, 0.15) is 13.2 Å². The second-order valence-corrected chi connectivity index (χ2v) is 5.55. The third kappa shape index (κ3) is 16.2. The van der Waals surface area contributed by atoms with Crippen molar-refractivity contribution in [2.24, 2.45) is 0 Å². The number of hydrogen-bond acceptors (Lipinski definition) is 10. The summed E-state index contributed by atoms with van der Waals surface area (Å²) in [5, 5.41) is 17.1. The van der Waals surface area contributed by atoms with Crippen LogP contribution in [0.5, 0.6) is 0 Å². The number of ether oxygens (including phenoxy) is 4. The number of rotatable bonds is 10.